The molecule has 6 nitrogen and oxygen atoms in total. The number of halogens is 2. The summed E-state index contributed by atoms with van der Waals surface area (Å²) >= 11 is 5.58. The number of nitrogens with zero attached hydrogens (tertiary/aromatic N) is 1. The van der Waals surface area contributed by atoms with Gasteiger partial charge in [0.05, 0.1) is 15.6 Å². The molecule has 0 spiro atoms. The van der Waals surface area contributed by atoms with E-state index in [1.807, 2.05) is 4.72 Å². The fraction of sp³-hybridized carbons (Fsp3) is 0.0769. The van der Waals surface area contributed by atoms with Crippen molar-refractivity contribution in [2.45, 2.75) is 11.8 Å². The predicted octanol–water partition coefficient (Wildman–Crippen LogP) is 3.50. The molecule has 0 heterocycles. The second-order valence-corrected chi connectivity index (χ2v) is 6.41. The van der Waals surface area contributed by atoms with Crippen LogP contribution in [0.2, 0.25) is 5.02 Å². The van der Waals surface area contributed by atoms with E-state index in [0.29, 0.717) is 0 Å². The predicted molar refractivity (Wildman–Crippen MR) is 80.1 cm³/mol. The van der Waals surface area contributed by atoms with Crippen molar-refractivity contribution in [2.24, 2.45) is 0 Å². The van der Waals surface area contributed by atoms with E-state index in [9.17, 15) is 22.9 Å². The summed E-state index contributed by atoms with van der Waals surface area (Å²) in [6, 6.07) is 7.63. The van der Waals surface area contributed by atoms with Crippen molar-refractivity contribution in [1.29, 1.82) is 0 Å². The number of rotatable bonds is 4. The smallest absolute Gasteiger partial charge is 0.276 e. The summed E-state index contributed by atoms with van der Waals surface area (Å²) in [5.74, 6) is -0.955. The van der Waals surface area contributed by atoms with Gasteiger partial charge in [0, 0.05) is 6.07 Å². The van der Waals surface area contributed by atoms with Crippen molar-refractivity contribution in [2.75, 3.05) is 4.72 Å². The van der Waals surface area contributed by atoms with Crippen LogP contribution >= 0.6 is 11.6 Å². The first kappa shape index (κ1) is 16.2. The van der Waals surface area contributed by atoms with Crippen molar-refractivity contribution < 1.29 is 17.7 Å². The topological polar surface area (TPSA) is 89.3 Å². The third-order valence-corrected chi connectivity index (χ3v) is 4.70. The van der Waals surface area contributed by atoms with Crippen molar-refractivity contribution in [3.63, 3.8) is 0 Å². The van der Waals surface area contributed by atoms with Gasteiger partial charge in [-0.15, -0.1) is 0 Å². The number of anilines is 1. The van der Waals surface area contributed by atoms with Gasteiger partial charge in [-0.05, 0) is 24.6 Å². The summed E-state index contributed by atoms with van der Waals surface area (Å²) in [5, 5.41) is 10.7. The number of hydrogen-bond donors (Lipinski definition) is 1. The van der Waals surface area contributed by atoms with Gasteiger partial charge in [-0.2, -0.15) is 0 Å². The molecule has 2 rings (SSSR count). The van der Waals surface area contributed by atoms with Crippen molar-refractivity contribution in [3.05, 3.63) is 62.9 Å². The zero-order chi connectivity index (χ0) is 16.5. The summed E-state index contributed by atoms with van der Waals surface area (Å²) < 4.78 is 40.6. The van der Waals surface area contributed by atoms with E-state index in [1.165, 1.54) is 37.3 Å². The van der Waals surface area contributed by atoms with Gasteiger partial charge in [0.1, 0.15) is 0 Å². The Balaban J connectivity index is 2.57. The van der Waals surface area contributed by atoms with Gasteiger partial charge < -0.3 is 0 Å². The molecule has 0 aliphatic rings. The number of nitro groups is 1. The molecule has 1 N–H and O–H groups in total. The number of nitrogens with one attached hydrogen (secondary N) is 1. The molecular formula is C13H10ClFN2O4S. The largest absolute Gasteiger partial charge is 0.290 e. The third kappa shape index (κ3) is 3.02. The van der Waals surface area contributed by atoms with Gasteiger partial charge in [-0.1, -0.05) is 29.8 Å². The average Bonchev–Trinajstić information content (AvgIpc) is 2.43. The van der Waals surface area contributed by atoms with Crippen molar-refractivity contribution in [1.82, 2.24) is 0 Å². The maximum Gasteiger partial charge on any atom is 0.290 e. The lowest BCUT2D eigenvalue weighted by atomic mass is 10.2. The molecule has 0 saturated carbocycles. The Kier molecular flexibility index (Phi) is 4.34. The fourth-order valence-electron chi connectivity index (χ4n) is 1.91. The average molecular weight is 345 g/mol. The molecule has 2 aromatic rings. The van der Waals surface area contributed by atoms with Gasteiger partial charge in [0.2, 0.25) is 0 Å². The van der Waals surface area contributed by atoms with E-state index >= 15 is 0 Å². The Labute approximate surface area is 130 Å². The zero-order valence-electron chi connectivity index (χ0n) is 11.2. The van der Waals surface area contributed by atoms with Crippen molar-refractivity contribution in [3.8, 4) is 0 Å². The lowest BCUT2D eigenvalue weighted by Crippen LogP contribution is -2.17. The normalized spacial score (nSPS) is 11.2. The monoisotopic (exact) mass is 344 g/mol. The Bertz CT molecular complexity index is 855. The summed E-state index contributed by atoms with van der Waals surface area (Å²) in [4.78, 5) is 9.69. The molecule has 0 fully saturated rings. The van der Waals surface area contributed by atoms with E-state index < -0.39 is 31.3 Å². The minimum absolute atomic E-state index is 0.170. The number of sulfonamides is 1. The van der Waals surface area contributed by atoms with Gasteiger partial charge >= 0.3 is 0 Å². The van der Waals surface area contributed by atoms with Crippen LogP contribution in [0.4, 0.5) is 15.8 Å². The maximum atomic E-state index is 13.8. The molecule has 0 bridgehead atoms. The Morgan fingerprint density at radius 3 is 2.50 bits per heavy atom. The van der Waals surface area contributed by atoms with Gasteiger partial charge in [0.15, 0.2) is 10.7 Å². The summed E-state index contributed by atoms with van der Waals surface area (Å²) in [7, 11) is -4.35. The number of hydrogen-bond acceptors (Lipinski definition) is 4. The first-order chi connectivity index (χ1) is 10.2. The molecule has 0 unspecified atom stereocenters. The van der Waals surface area contributed by atoms with Crippen LogP contribution < -0.4 is 4.72 Å². The van der Waals surface area contributed by atoms with E-state index in [-0.39, 0.29) is 16.3 Å². The molecule has 116 valence electrons. The highest BCUT2D eigenvalue weighted by molar-refractivity contribution is 7.93. The van der Waals surface area contributed by atoms with Crippen LogP contribution in [-0.4, -0.2) is 13.3 Å². The van der Waals surface area contributed by atoms with Crippen LogP contribution in [0.25, 0.3) is 0 Å². The number of benzene rings is 2. The number of nitro benzene ring substituents is 1. The minimum Gasteiger partial charge on any atom is -0.276 e. The molecule has 0 saturated heterocycles. The maximum absolute atomic E-state index is 13.8. The molecule has 2 aromatic carbocycles. The fourth-order valence-corrected chi connectivity index (χ4v) is 3.54. The molecule has 0 aliphatic heterocycles. The molecule has 22 heavy (non-hydrogen) atoms. The van der Waals surface area contributed by atoms with Crippen LogP contribution in [0.3, 0.4) is 0 Å². The quantitative estimate of drug-likeness (QED) is 0.679. The Hall–Kier alpha value is -2.19. The van der Waals surface area contributed by atoms with Crippen LogP contribution in [0.5, 0.6) is 0 Å². The van der Waals surface area contributed by atoms with Gasteiger partial charge in [-0.3, -0.25) is 14.8 Å². The SMILES string of the molecule is Cc1cccc([N+](=O)[O-])c1S(=O)(=O)Nc1cccc(Cl)c1F. The highest BCUT2D eigenvalue weighted by Crippen LogP contribution is 2.30. The lowest BCUT2D eigenvalue weighted by Gasteiger charge is -2.11. The second kappa shape index (κ2) is 5.90. The standard InChI is InChI=1S/C13H10ClFN2O4S/c1-8-4-2-7-11(17(18)19)13(8)22(20,21)16-10-6-3-5-9(14)12(10)15/h2-7,16H,1H3. The third-order valence-electron chi connectivity index (χ3n) is 2.85. The van der Waals surface area contributed by atoms with Crippen LogP contribution in [0, 0.1) is 22.9 Å². The zero-order valence-corrected chi connectivity index (χ0v) is 12.8. The molecule has 9 heteroatoms. The molecular weight excluding hydrogens is 335 g/mol. The summed E-state index contributed by atoms with van der Waals surface area (Å²) in [6.45, 7) is 1.41. The van der Waals surface area contributed by atoms with E-state index in [2.05, 4.69) is 0 Å². The molecule has 0 atom stereocenters. The molecule has 0 amide bonds. The summed E-state index contributed by atoms with van der Waals surface area (Å²) in [6.07, 6.45) is 0. The van der Waals surface area contributed by atoms with Crippen molar-refractivity contribution >= 4 is 33.0 Å². The molecule has 0 aliphatic carbocycles. The Morgan fingerprint density at radius 2 is 1.86 bits per heavy atom. The van der Waals surface area contributed by atoms with E-state index in [1.54, 1.807) is 0 Å². The highest BCUT2D eigenvalue weighted by atomic mass is 35.5. The van der Waals surface area contributed by atoms with Crippen LogP contribution in [0.1, 0.15) is 5.56 Å². The lowest BCUT2D eigenvalue weighted by molar-refractivity contribution is -0.387. The number of aryl methyl sites for hydroxylation is 1. The van der Waals surface area contributed by atoms with E-state index in [0.717, 1.165) is 6.07 Å². The highest BCUT2D eigenvalue weighted by Gasteiger charge is 2.28. The first-order valence-electron chi connectivity index (χ1n) is 5.95. The molecule has 0 aromatic heterocycles. The van der Waals surface area contributed by atoms with Gasteiger partial charge in [0.25, 0.3) is 15.7 Å². The Morgan fingerprint density at radius 1 is 1.23 bits per heavy atom. The second-order valence-electron chi connectivity index (χ2n) is 4.39. The molecule has 0 radical (unpaired) electrons. The first-order valence-corrected chi connectivity index (χ1v) is 7.81. The van der Waals surface area contributed by atoms with Gasteiger partial charge in [-0.25, -0.2) is 12.8 Å². The van der Waals surface area contributed by atoms with Crippen LogP contribution in [-0.2, 0) is 10.0 Å². The van der Waals surface area contributed by atoms with E-state index in [4.69, 9.17) is 11.6 Å². The minimum atomic E-state index is -4.35. The van der Waals surface area contributed by atoms with Crippen LogP contribution in [0.15, 0.2) is 41.3 Å². The summed E-state index contributed by atoms with van der Waals surface area (Å²) in [5.41, 5.74) is -0.802.